The van der Waals surface area contributed by atoms with Crippen LogP contribution in [0.2, 0.25) is 0 Å². The van der Waals surface area contributed by atoms with Gasteiger partial charge in [-0.1, -0.05) is 24.3 Å². The summed E-state index contributed by atoms with van der Waals surface area (Å²) in [5.41, 5.74) is 3.75. The van der Waals surface area contributed by atoms with Gasteiger partial charge in [-0.2, -0.15) is 0 Å². The van der Waals surface area contributed by atoms with Crippen molar-refractivity contribution in [3.63, 3.8) is 0 Å². The van der Waals surface area contributed by atoms with Gasteiger partial charge in [0, 0.05) is 30.3 Å². The van der Waals surface area contributed by atoms with Crippen molar-refractivity contribution in [2.45, 2.75) is 32.9 Å². The molecule has 43 heavy (non-hydrogen) atoms. The van der Waals surface area contributed by atoms with E-state index in [1.807, 2.05) is 32.9 Å². The highest BCUT2D eigenvalue weighted by molar-refractivity contribution is 6.09. The zero-order valence-electron chi connectivity index (χ0n) is 24.9. The molecule has 1 aliphatic heterocycles. The number of amides is 1. The Bertz CT molecular complexity index is 1720. The molecule has 222 valence electrons. The molecule has 0 saturated heterocycles. The number of hydrogen-bond acceptors (Lipinski definition) is 7. The topological polar surface area (TPSA) is 86.3 Å². The molecule has 4 aromatic carbocycles. The summed E-state index contributed by atoms with van der Waals surface area (Å²) in [6.07, 6.45) is 0. The second kappa shape index (κ2) is 11.7. The van der Waals surface area contributed by atoms with Crippen molar-refractivity contribution in [3.8, 4) is 34.1 Å². The number of para-hydroxylation sites is 1. The number of benzene rings is 4. The summed E-state index contributed by atoms with van der Waals surface area (Å²) < 4.78 is 36.9. The van der Waals surface area contributed by atoms with Gasteiger partial charge in [0.25, 0.3) is 5.91 Å². The van der Waals surface area contributed by atoms with Crippen LogP contribution in [0, 0.1) is 12.7 Å². The lowest BCUT2D eigenvalue weighted by atomic mass is 9.91. The van der Waals surface area contributed by atoms with Gasteiger partial charge in [0.05, 0.1) is 25.6 Å². The summed E-state index contributed by atoms with van der Waals surface area (Å²) in [7, 11) is 4.73. The molecule has 1 heterocycles. The molecule has 0 radical (unpaired) electrons. The van der Waals surface area contributed by atoms with Gasteiger partial charge in [-0.25, -0.2) is 9.18 Å². The lowest BCUT2D eigenvalue weighted by Crippen LogP contribution is -2.52. The van der Waals surface area contributed by atoms with Crippen molar-refractivity contribution in [3.05, 3.63) is 95.3 Å². The zero-order valence-corrected chi connectivity index (χ0v) is 24.9. The number of carbonyl (C=O) groups excluding carboxylic acids is 2. The molecule has 0 bridgehead atoms. The van der Waals surface area contributed by atoms with E-state index in [1.165, 1.54) is 26.4 Å². The average Bonchev–Trinajstić information content (AvgIpc) is 3.00. The number of nitrogens with zero attached hydrogens (tertiary/aromatic N) is 1. The van der Waals surface area contributed by atoms with E-state index in [0.717, 1.165) is 16.8 Å². The number of methoxy groups -OCH3 is 2. The van der Waals surface area contributed by atoms with Crippen molar-refractivity contribution in [1.29, 1.82) is 0 Å². The fraction of sp³-hybridized carbons (Fsp3) is 0.235. The predicted molar refractivity (Wildman–Crippen MR) is 163 cm³/mol. The third-order valence-electron chi connectivity index (χ3n) is 7.43. The first-order valence-corrected chi connectivity index (χ1v) is 13.7. The smallest absolute Gasteiger partial charge is 0.347 e. The highest BCUT2D eigenvalue weighted by Gasteiger charge is 2.38. The summed E-state index contributed by atoms with van der Waals surface area (Å²) in [6, 6.07) is 20.1. The molecule has 0 aromatic heterocycles. The van der Waals surface area contributed by atoms with E-state index >= 15 is 0 Å². The molecule has 8 nitrogen and oxygen atoms in total. The zero-order chi connectivity index (χ0) is 30.9. The normalized spacial score (nSPS) is 13.6. The van der Waals surface area contributed by atoms with E-state index in [1.54, 1.807) is 60.5 Å². The van der Waals surface area contributed by atoms with Crippen molar-refractivity contribution < 1.29 is 32.9 Å². The van der Waals surface area contributed by atoms with E-state index in [4.69, 9.17) is 18.9 Å². The Kier molecular flexibility index (Phi) is 8.00. The molecule has 1 N–H and O–H groups in total. The minimum atomic E-state index is -0.814. The van der Waals surface area contributed by atoms with Crippen LogP contribution in [0.25, 0.3) is 11.1 Å². The van der Waals surface area contributed by atoms with Gasteiger partial charge in [-0.3, -0.25) is 4.79 Å². The maximum atomic E-state index is 14.1. The van der Waals surface area contributed by atoms with Crippen LogP contribution >= 0.6 is 0 Å². The Morgan fingerprint density at radius 2 is 1.63 bits per heavy atom. The van der Waals surface area contributed by atoms with Gasteiger partial charge >= 0.3 is 5.97 Å². The van der Waals surface area contributed by atoms with E-state index in [0.29, 0.717) is 34.1 Å². The van der Waals surface area contributed by atoms with Gasteiger partial charge in [0.15, 0.2) is 0 Å². The number of carbonyl (C=O) groups is 2. The Morgan fingerprint density at radius 3 is 2.37 bits per heavy atom. The van der Waals surface area contributed by atoms with Crippen LogP contribution in [0.15, 0.2) is 72.8 Å². The Morgan fingerprint density at radius 1 is 0.907 bits per heavy atom. The SMILES string of the molecule is COc1ccccc1C(=O)Oc1ccc(-c2ccc3c(c2COc2cc(F)ccc2C)N(C)C(=O)C(C)(C)N3)c(OC)c1. The second-order valence-corrected chi connectivity index (χ2v) is 10.8. The van der Waals surface area contributed by atoms with E-state index < -0.39 is 17.3 Å². The number of anilines is 2. The van der Waals surface area contributed by atoms with Gasteiger partial charge in [-0.05, 0) is 68.3 Å². The van der Waals surface area contributed by atoms with Crippen LogP contribution in [-0.2, 0) is 11.4 Å². The number of nitrogens with one attached hydrogen (secondary N) is 1. The monoisotopic (exact) mass is 584 g/mol. The Labute approximate surface area is 249 Å². The summed E-state index contributed by atoms with van der Waals surface area (Å²) in [4.78, 5) is 27.8. The first kappa shape index (κ1) is 29.4. The van der Waals surface area contributed by atoms with Crippen LogP contribution in [-0.4, -0.2) is 38.7 Å². The molecular formula is C34H33FN2O6. The lowest BCUT2D eigenvalue weighted by molar-refractivity contribution is -0.121. The first-order chi connectivity index (χ1) is 20.5. The molecule has 0 saturated carbocycles. The van der Waals surface area contributed by atoms with Gasteiger partial charge in [-0.15, -0.1) is 0 Å². The number of esters is 1. The first-order valence-electron chi connectivity index (χ1n) is 13.7. The summed E-state index contributed by atoms with van der Waals surface area (Å²) in [5.74, 6) is 0.405. The molecule has 4 aromatic rings. The predicted octanol–water partition coefficient (Wildman–Crippen LogP) is 6.78. The molecule has 0 aliphatic carbocycles. The number of hydrogen-bond donors (Lipinski definition) is 1. The number of ether oxygens (including phenoxy) is 4. The highest BCUT2D eigenvalue weighted by atomic mass is 19.1. The number of fused-ring (bicyclic) bond motifs is 1. The van der Waals surface area contributed by atoms with Crippen LogP contribution in [0.4, 0.5) is 15.8 Å². The quantitative estimate of drug-likeness (QED) is 0.180. The summed E-state index contributed by atoms with van der Waals surface area (Å²) in [5, 5.41) is 3.33. The van der Waals surface area contributed by atoms with E-state index in [9.17, 15) is 14.0 Å². The maximum Gasteiger partial charge on any atom is 0.347 e. The fourth-order valence-electron chi connectivity index (χ4n) is 5.24. The molecule has 0 spiro atoms. The van der Waals surface area contributed by atoms with Crippen LogP contribution in [0.3, 0.4) is 0 Å². The standard InChI is InChI=1S/C34H33FN2O6/c1-20-11-12-21(35)17-29(20)42-19-26-23(15-16-27-31(26)37(4)33(39)34(2,3)36-27)24-14-13-22(18-30(24)41-6)43-32(38)25-9-7-8-10-28(25)40-5/h7-18,36H,19H2,1-6H3. The van der Waals surface area contributed by atoms with Crippen LogP contribution in [0.1, 0.15) is 35.3 Å². The molecule has 1 aliphatic rings. The van der Waals surface area contributed by atoms with Gasteiger partial charge in [0.1, 0.15) is 46.5 Å². The Balaban J connectivity index is 1.57. The van der Waals surface area contributed by atoms with Crippen LogP contribution in [0.5, 0.6) is 23.0 Å². The molecule has 1 amide bonds. The lowest BCUT2D eigenvalue weighted by Gasteiger charge is -2.39. The molecule has 0 atom stereocenters. The number of likely N-dealkylation sites (N-methyl/N-ethyl adjacent to an activating group) is 1. The van der Waals surface area contributed by atoms with Crippen LogP contribution < -0.4 is 29.2 Å². The van der Waals surface area contributed by atoms with Crippen molar-refractivity contribution in [2.75, 3.05) is 31.5 Å². The second-order valence-electron chi connectivity index (χ2n) is 10.8. The summed E-state index contributed by atoms with van der Waals surface area (Å²) in [6.45, 7) is 5.52. The van der Waals surface area contributed by atoms with Crippen molar-refractivity contribution in [2.24, 2.45) is 0 Å². The maximum absolute atomic E-state index is 14.1. The molecule has 9 heteroatoms. The Hall–Kier alpha value is -5.05. The van der Waals surface area contributed by atoms with Crippen molar-refractivity contribution >= 4 is 23.3 Å². The molecule has 5 rings (SSSR count). The largest absolute Gasteiger partial charge is 0.496 e. The average molecular weight is 585 g/mol. The van der Waals surface area contributed by atoms with E-state index in [-0.39, 0.29) is 23.8 Å². The minimum absolute atomic E-state index is 0.0379. The van der Waals surface area contributed by atoms with Crippen molar-refractivity contribution in [1.82, 2.24) is 0 Å². The third-order valence-corrected chi connectivity index (χ3v) is 7.43. The fourth-order valence-corrected chi connectivity index (χ4v) is 5.24. The number of aryl methyl sites for hydroxylation is 1. The van der Waals surface area contributed by atoms with Gasteiger partial charge < -0.3 is 29.2 Å². The van der Waals surface area contributed by atoms with E-state index in [2.05, 4.69) is 5.32 Å². The minimum Gasteiger partial charge on any atom is -0.496 e. The molecule has 0 fully saturated rings. The number of halogens is 1. The third kappa shape index (κ3) is 5.70. The number of rotatable bonds is 8. The van der Waals surface area contributed by atoms with Gasteiger partial charge in [0.2, 0.25) is 0 Å². The molecule has 0 unspecified atom stereocenters. The molecular weight excluding hydrogens is 551 g/mol. The highest BCUT2D eigenvalue weighted by Crippen LogP contribution is 2.45. The summed E-state index contributed by atoms with van der Waals surface area (Å²) >= 11 is 0.